The summed E-state index contributed by atoms with van der Waals surface area (Å²) in [7, 11) is 0. The van der Waals surface area contributed by atoms with Crippen LogP contribution in [-0.4, -0.2) is 112 Å². The molecule has 0 radical (unpaired) electrons. The van der Waals surface area contributed by atoms with Crippen molar-refractivity contribution in [3.63, 3.8) is 0 Å². The highest BCUT2D eigenvalue weighted by Gasteiger charge is 2.49. The van der Waals surface area contributed by atoms with Crippen LogP contribution in [0.25, 0.3) is 0 Å². The number of amides is 2. The van der Waals surface area contributed by atoms with Gasteiger partial charge in [0.25, 0.3) is 0 Å². The molecule has 2 saturated heterocycles. The predicted octanol–water partition coefficient (Wildman–Crippen LogP) is -1.36. The van der Waals surface area contributed by atoms with E-state index in [0.29, 0.717) is 0 Å². The lowest BCUT2D eigenvalue weighted by molar-refractivity contribution is -0.303. The molecule has 13 heteroatoms. The van der Waals surface area contributed by atoms with Crippen LogP contribution in [0.1, 0.15) is 53.9 Å². The van der Waals surface area contributed by atoms with Crippen molar-refractivity contribution in [1.82, 2.24) is 10.6 Å². The van der Waals surface area contributed by atoms with Crippen molar-refractivity contribution in [2.75, 3.05) is 13.1 Å². The fraction of sp³-hybridized carbons (Fsp3) is 0.885. The first-order valence-electron chi connectivity index (χ1n) is 13.8. The van der Waals surface area contributed by atoms with E-state index < -0.39 is 72.9 Å². The second-order valence-electron chi connectivity index (χ2n) is 11.4. The number of hydrogen-bond acceptors (Lipinski definition) is 11. The van der Waals surface area contributed by atoms with Gasteiger partial charge in [-0.05, 0) is 18.8 Å². The molecule has 0 spiro atoms. The molecule has 11 N–H and O–H groups in total. The monoisotopic (exact) mass is 562 g/mol. The molecular weight excluding hydrogens is 512 g/mol. The fourth-order valence-electron chi connectivity index (χ4n) is 4.68. The Morgan fingerprint density at radius 1 is 1.18 bits per heavy atom. The molecule has 2 heterocycles. The van der Waals surface area contributed by atoms with E-state index in [1.807, 2.05) is 19.9 Å². The third-order valence-corrected chi connectivity index (χ3v) is 7.12. The summed E-state index contributed by atoms with van der Waals surface area (Å²) in [6.45, 7) is 9.59. The minimum Gasteiger partial charge on any atom is -0.393 e. The van der Waals surface area contributed by atoms with Crippen molar-refractivity contribution in [2.24, 2.45) is 23.3 Å². The van der Waals surface area contributed by atoms with Crippen LogP contribution in [0.2, 0.25) is 0 Å². The first-order chi connectivity index (χ1) is 18.2. The molecule has 2 aliphatic heterocycles. The van der Waals surface area contributed by atoms with Gasteiger partial charge in [0.2, 0.25) is 0 Å². The van der Waals surface area contributed by atoms with E-state index in [1.165, 1.54) is 0 Å². The highest BCUT2D eigenvalue weighted by Crippen LogP contribution is 2.35. The standard InChI is InChI=1S/C26H50N4O9/c1-13(2)6-7-16(38-24-23(34)20(28)22(33)15(5)37-24)10-19-21(30-25(35)29-9-8-27)18(32)12-26(36,39-19)11-17(31)14(3)4/h6-7,13-24,31-34,36H,8-12,27-28H2,1-5H3,(H2,29,30,35)/b7-6+/t15?,16-,17?,18-,19?,20?,21+,22?,23?,24?,26+/m0/s1. The summed E-state index contributed by atoms with van der Waals surface area (Å²) in [5, 5.41) is 58.8. The quantitative estimate of drug-likeness (QED) is 0.126. The van der Waals surface area contributed by atoms with E-state index in [-0.39, 0.29) is 44.2 Å². The molecule has 0 saturated carbocycles. The van der Waals surface area contributed by atoms with Crippen LogP contribution in [0.5, 0.6) is 0 Å². The van der Waals surface area contributed by atoms with Gasteiger partial charge < -0.3 is 61.8 Å². The Labute approximate surface area is 230 Å². The number of allylic oxidation sites excluding steroid dienone is 1. The number of aliphatic hydroxyl groups excluding tert-OH is 4. The number of rotatable bonds is 12. The van der Waals surface area contributed by atoms with Crippen LogP contribution in [0.15, 0.2) is 12.2 Å². The van der Waals surface area contributed by atoms with Crippen molar-refractivity contribution in [1.29, 1.82) is 0 Å². The van der Waals surface area contributed by atoms with Gasteiger partial charge in [-0.2, -0.15) is 0 Å². The molecular formula is C26H50N4O9. The fourth-order valence-corrected chi connectivity index (χ4v) is 4.68. The first kappa shape index (κ1) is 33.8. The van der Waals surface area contributed by atoms with E-state index in [4.69, 9.17) is 25.7 Å². The largest absolute Gasteiger partial charge is 0.393 e. The van der Waals surface area contributed by atoms with Gasteiger partial charge in [0.15, 0.2) is 12.1 Å². The van der Waals surface area contributed by atoms with Crippen molar-refractivity contribution >= 4 is 6.03 Å². The number of urea groups is 1. The summed E-state index contributed by atoms with van der Waals surface area (Å²) < 4.78 is 17.9. The zero-order valence-electron chi connectivity index (χ0n) is 23.6. The molecule has 2 aliphatic rings. The predicted molar refractivity (Wildman–Crippen MR) is 143 cm³/mol. The van der Waals surface area contributed by atoms with Gasteiger partial charge >= 0.3 is 6.03 Å². The van der Waals surface area contributed by atoms with Crippen molar-refractivity contribution in [2.45, 2.75) is 121 Å². The Hall–Kier alpha value is -1.39. The molecule has 39 heavy (non-hydrogen) atoms. The second kappa shape index (κ2) is 15.0. The molecule has 2 fully saturated rings. The second-order valence-corrected chi connectivity index (χ2v) is 11.4. The van der Waals surface area contributed by atoms with Gasteiger partial charge in [0.1, 0.15) is 6.10 Å². The maximum absolute atomic E-state index is 12.5. The van der Waals surface area contributed by atoms with E-state index in [2.05, 4.69) is 10.6 Å². The molecule has 0 aromatic heterocycles. The number of ether oxygens (including phenoxy) is 3. The van der Waals surface area contributed by atoms with Gasteiger partial charge in [0, 0.05) is 32.4 Å². The third-order valence-electron chi connectivity index (χ3n) is 7.12. The Bertz CT molecular complexity index is 789. The van der Waals surface area contributed by atoms with Crippen LogP contribution >= 0.6 is 0 Å². The summed E-state index contributed by atoms with van der Waals surface area (Å²) in [6.07, 6.45) is -4.85. The van der Waals surface area contributed by atoms with Gasteiger partial charge in [-0.25, -0.2) is 4.79 Å². The summed E-state index contributed by atoms with van der Waals surface area (Å²) >= 11 is 0. The number of aliphatic hydroxyl groups is 5. The van der Waals surface area contributed by atoms with E-state index in [9.17, 15) is 30.3 Å². The zero-order valence-corrected chi connectivity index (χ0v) is 23.6. The van der Waals surface area contributed by atoms with Crippen LogP contribution in [0, 0.1) is 11.8 Å². The molecule has 11 atom stereocenters. The van der Waals surface area contributed by atoms with Crippen molar-refractivity contribution in [3.8, 4) is 0 Å². The van der Waals surface area contributed by atoms with Crippen LogP contribution in [0.3, 0.4) is 0 Å². The average Bonchev–Trinajstić information content (AvgIpc) is 2.84. The number of nitrogens with two attached hydrogens (primary N) is 2. The van der Waals surface area contributed by atoms with Crippen molar-refractivity contribution < 1.29 is 44.5 Å². The normalized spacial score (nSPS) is 37.3. The Morgan fingerprint density at radius 3 is 2.44 bits per heavy atom. The van der Waals surface area contributed by atoms with Gasteiger partial charge in [-0.3, -0.25) is 0 Å². The topological polar surface area (TPSA) is 222 Å². The smallest absolute Gasteiger partial charge is 0.315 e. The molecule has 2 amide bonds. The summed E-state index contributed by atoms with van der Waals surface area (Å²) in [4.78, 5) is 12.5. The van der Waals surface area contributed by atoms with Crippen molar-refractivity contribution in [3.05, 3.63) is 12.2 Å². The maximum atomic E-state index is 12.5. The van der Waals surface area contributed by atoms with Crippen LogP contribution in [0.4, 0.5) is 4.79 Å². The molecule has 13 nitrogen and oxygen atoms in total. The SMILES string of the molecule is CC(C)/C=C/[C@@H](CC1O[C@](O)(CC(O)C(C)C)C[C@H](O)[C@H]1NC(=O)NCCN)OC1OC(C)C(O)C(N)C1O. The number of nitrogens with one attached hydrogen (secondary N) is 2. The Kier molecular flexibility index (Phi) is 13.0. The van der Waals surface area contributed by atoms with E-state index in [0.717, 1.165) is 0 Å². The zero-order chi connectivity index (χ0) is 29.5. The number of hydrogen-bond donors (Lipinski definition) is 9. The number of carbonyl (C=O) groups is 1. The minimum absolute atomic E-state index is 0.0287. The Morgan fingerprint density at radius 2 is 1.85 bits per heavy atom. The first-order valence-corrected chi connectivity index (χ1v) is 13.8. The third kappa shape index (κ3) is 9.88. The summed E-state index contributed by atoms with van der Waals surface area (Å²) in [6, 6.07) is -2.51. The Balaban J connectivity index is 2.33. The summed E-state index contributed by atoms with van der Waals surface area (Å²) in [5.74, 6) is -1.89. The molecule has 0 bridgehead atoms. The van der Waals surface area contributed by atoms with Gasteiger partial charge in [-0.1, -0.05) is 39.8 Å². The minimum atomic E-state index is -1.87. The lowest BCUT2D eigenvalue weighted by atomic mass is 9.86. The molecule has 7 unspecified atom stereocenters. The molecule has 2 rings (SSSR count). The summed E-state index contributed by atoms with van der Waals surface area (Å²) in [5.41, 5.74) is 11.4. The van der Waals surface area contributed by atoms with E-state index >= 15 is 0 Å². The van der Waals surface area contributed by atoms with E-state index in [1.54, 1.807) is 26.8 Å². The van der Waals surface area contributed by atoms with Crippen LogP contribution < -0.4 is 22.1 Å². The highest BCUT2D eigenvalue weighted by molar-refractivity contribution is 5.74. The molecule has 0 aromatic carbocycles. The highest BCUT2D eigenvalue weighted by atomic mass is 16.7. The molecule has 228 valence electrons. The van der Waals surface area contributed by atoms with Gasteiger partial charge in [-0.15, -0.1) is 0 Å². The van der Waals surface area contributed by atoms with Crippen LogP contribution in [-0.2, 0) is 14.2 Å². The molecule has 0 aromatic rings. The average molecular weight is 563 g/mol. The lowest BCUT2D eigenvalue weighted by Gasteiger charge is -2.46. The molecule has 0 aliphatic carbocycles. The van der Waals surface area contributed by atoms with Gasteiger partial charge in [0.05, 0.1) is 48.7 Å². The maximum Gasteiger partial charge on any atom is 0.315 e. The number of carbonyl (C=O) groups excluding carboxylic acids is 1. The lowest BCUT2D eigenvalue weighted by Crippen LogP contribution is -2.64.